The molecule has 1 unspecified atom stereocenters. The monoisotopic (exact) mass is 384 g/mol. The average molecular weight is 385 g/mol. The summed E-state index contributed by atoms with van der Waals surface area (Å²) in [4.78, 5) is 10.9. The van der Waals surface area contributed by atoms with Crippen LogP contribution in [0.4, 0.5) is 10.2 Å². The van der Waals surface area contributed by atoms with Gasteiger partial charge >= 0.3 is 0 Å². The van der Waals surface area contributed by atoms with Gasteiger partial charge in [0.1, 0.15) is 18.3 Å². The first kappa shape index (κ1) is 20.2. The molecule has 28 heavy (non-hydrogen) atoms. The second-order valence-corrected chi connectivity index (χ2v) is 6.77. The van der Waals surface area contributed by atoms with E-state index in [0.29, 0.717) is 19.1 Å². The fourth-order valence-corrected chi connectivity index (χ4v) is 3.50. The van der Waals surface area contributed by atoms with E-state index in [9.17, 15) is 4.39 Å². The molecule has 3 heterocycles. The quantitative estimate of drug-likeness (QED) is 0.826. The van der Waals surface area contributed by atoms with Crippen molar-refractivity contribution >= 4 is 12.0 Å². The molecule has 1 aromatic carbocycles. The van der Waals surface area contributed by atoms with Gasteiger partial charge in [-0.15, -0.1) is 0 Å². The number of nitrogens with one attached hydrogen (secondary N) is 2. The molecule has 2 aromatic rings. The fourth-order valence-electron chi connectivity index (χ4n) is 3.50. The van der Waals surface area contributed by atoms with Crippen LogP contribution in [0.25, 0.3) is 0 Å². The minimum atomic E-state index is -0.932. The number of fused-ring (bicyclic) bond motifs is 1. The molecule has 1 atom stereocenters. The summed E-state index contributed by atoms with van der Waals surface area (Å²) in [6.07, 6.45) is 4.36. The fraction of sp³-hybridized carbons (Fsp3) is 0.476. The van der Waals surface area contributed by atoms with Gasteiger partial charge < -0.3 is 10.7 Å². The van der Waals surface area contributed by atoms with E-state index in [4.69, 9.17) is 0 Å². The third-order valence-electron chi connectivity index (χ3n) is 5.01. The molecule has 4 rings (SSSR count). The number of alkyl halides is 1. The van der Waals surface area contributed by atoms with E-state index in [0.717, 1.165) is 48.6 Å². The van der Waals surface area contributed by atoms with E-state index < -0.39 is 6.17 Å². The topological polar surface area (TPSA) is 65.4 Å². The molecule has 1 aromatic heterocycles. The summed E-state index contributed by atoms with van der Waals surface area (Å²) in [5.41, 5.74) is 5.59. The standard InChI is InChI=1S/C19H23FN6.C2H6/c20-17(14-4-2-1-3-5-14)12-26-8-6-15(7-9-26)25-19-16-10-23-24-11-18(16)21-13-22-19;1-2/h1-5,10,13,15,17,24H,6-9,11-12H2,(H,21,22,25);1-2H3. The van der Waals surface area contributed by atoms with Crippen LogP contribution in [-0.4, -0.2) is 46.8 Å². The van der Waals surface area contributed by atoms with E-state index in [1.54, 1.807) is 12.5 Å². The predicted molar refractivity (Wildman–Crippen MR) is 111 cm³/mol. The van der Waals surface area contributed by atoms with Gasteiger partial charge in [-0.25, -0.2) is 14.4 Å². The van der Waals surface area contributed by atoms with Gasteiger partial charge in [0, 0.05) is 25.7 Å². The van der Waals surface area contributed by atoms with Gasteiger partial charge in [-0.1, -0.05) is 44.2 Å². The number of hydrogen-bond donors (Lipinski definition) is 2. The molecular weight excluding hydrogens is 355 g/mol. The number of nitrogens with zero attached hydrogens (tertiary/aromatic N) is 4. The minimum absolute atomic E-state index is 0.336. The molecule has 0 spiro atoms. The van der Waals surface area contributed by atoms with Crippen LogP contribution in [0.2, 0.25) is 0 Å². The summed E-state index contributed by atoms with van der Waals surface area (Å²) in [5.74, 6) is 0.839. The van der Waals surface area contributed by atoms with Gasteiger partial charge in [0.25, 0.3) is 0 Å². The number of hydrogen-bond acceptors (Lipinski definition) is 6. The Kier molecular flexibility index (Phi) is 7.31. The Hall–Kier alpha value is -2.54. The third kappa shape index (κ3) is 5.04. The summed E-state index contributed by atoms with van der Waals surface area (Å²) in [6, 6.07) is 9.74. The van der Waals surface area contributed by atoms with Crippen LogP contribution in [0, 0.1) is 0 Å². The Balaban J connectivity index is 0.00000109. The van der Waals surface area contributed by atoms with E-state index in [2.05, 4.69) is 30.7 Å². The highest BCUT2D eigenvalue weighted by molar-refractivity contribution is 5.88. The van der Waals surface area contributed by atoms with Crippen molar-refractivity contribution in [3.8, 4) is 0 Å². The van der Waals surface area contributed by atoms with Crippen molar-refractivity contribution in [3.05, 3.63) is 53.5 Å². The van der Waals surface area contributed by atoms with Gasteiger partial charge in [0.2, 0.25) is 0 Å². The summed E-state index contributed by atoms with van der Waals surface area (Å²) < 4.78 is 14.5. The van der Waals surface area contributed by atoms with Crippen molar-refractivity contribution in [3.63, 3.8) is 0 Å². The number of benzene rings is 1. The number of rotatable bonds is 5. The zero-order chi connectivity index (χ0) is 19.8. The van der Waals surface area contributed by atoms with Crippen LogP contribution in [0.15, 0.2) is 41.8 Å². The number of piperidine rings is 1. The molecule has 2 aliphatic rings. The van der Waals surface area contributed by atoms with E-state index >= 15 is 0 Å². The molecule has 0 amide bonds. The highest BCUT2D eigenvalue weighted by Gasteiger charge is 2.23. The maximum Gasteiger partial charge on any atom is 0.138 e. The van der Waals surface area contributed by atoms with Crippen molar-refractivity contribution < 1.29 is 4.39 Å². The molecule has 1 saturated heterocycles. The van der Waals surface area contributed by atoms with Gasteiger partial charge in [0.05, 0.1) is 24.0 Å². The largest absolute Gasteiger partial charge is 0.367 e. The lowest BCUT2D eigenvalue weighted by Crippen LogP contribution is -2.40. The van der Waals surface area contributed by atoms with Crippen molar-refractivity contribution in [1.82, 2.24) is 20.3 Å². The Morgan fingerprint density at radius 1 is 1.18 bits per heavy atom. The number of likely N-dealkylation sites (tertiary alicyclic amines) is 1. The Bertz CT molecular complexity index is 759. The Morgan fingerprint density at radius 2 is 1.93 bits per heavy atom. The van der Waals surface area contributed by atoms with Gasteiger partial charge in [0.15, 0.2) is 0 Å². The van der Waals surface area contributed by atoms with E-state index in [1.807, 2.05) is 44.2 Å². The molecule has 0 saturated carbocycles. The second-order valence-electron chi connectivity index (χ2n) is 6.77. The first-order valence-corrected chi connectivity index (χ1v) is 10.1. The van der Waals surface area contributed by atoms with Crippen LogP contribution in [-0.2, 0) is 6.54 Å². The second kappa shape index (κ2) is 10.1. The van der Waals surface area contributed by atoms with Crippen molar-refractivity contribution in [1.29, 1.82) is 0 Å². The average Bonchev–Trinajstić information content (AvgIpc) is 2.77. The summed E-state index contributed by atoms with van der Waals surface area (Å²) in [5, 5.41) is 7.62. The number of anilines is 1. The predicted octanol–water partition coefficient (Wildman–Crippen LogP) is 3.53. The van der Waals surface area contributed by atoms with Crippen molar-refractivity contribution in [2.75, 3.05) is 25.0 Å². The summed E-state index contributed by atoms with van der Waals surface area (Å²) >= 11 is 0. The van der Waals surface area contributed by atoms with Gasteiger partial charge in [-0.05, 0) is 18.4 Å². The smallest absolute Gasteiger partial charge is 0.138 e. The van der Waals surface area contributed by atoms with E-state index in [-0.39, 0.29) is 0 Å². The maximum atomic E-state index is 14.5. The normalized spacial score (nSPS) is 17.7. The van der Waals surface area contributed by atoms with E-state index in [1.165, 1.54) is 0 Å². The third-order valence-corrected chi connectivity index (χ3v) is 5.01. The molecule has 2 aliphatic heterocycles. The van der Waals surface area contributed by atoms with Crippen LogP contribution >= 0.6 is 0 Å². The van der Waals surface area contributed by atoms with Crippen LogP contribution in [0.3, 0.4) is 0 Å². The first-order chi connectivity index (χ1) is 13.8. The van der Waals surface area contributed by atoms with Crippen molar-refractivity contribution in [2.45, 2.75) is 45.4 Å². The maximum absolute atomic E-state index is 14.5. The lowest BCUT2D eigenvalue weighted by Gasteiger charge is -2.33. The van der Waals surface area contributed by atoms with Crippen LogP contribution in [0.5, 0.6) is 0 Å². The lowest BCUT2D eigenvalue weighted by atomic mass is 10.0. The van der Waals surface area contributed by atoms with Crippen LogP contribution in [0.1, 0.15) is 49.7 Å². The molecule has 0 aliphatic carbocycles. The minimum Gasteiger partial charge on any atom is -0.367 e. The Labute approximate surface area is 166 Å². The number of aromatic nitrogens is 2. The molecule has 0 bridgehead atoms. The summed E-state index contributed by atoms with van der Waals surface area (Å²) in [6.45, 7) is 6.85. The first-order valence-electron chi connectivity index (χ1n) is 10.1. The molecule has 150 valence electrons. The van der Waals surface area contributed by atoms with Gasteiger partial charge in [-0.2, -0.15) is 5.10 Å². The highest BCUT2D eigenvalue weighted by Crippen LogP contribution is 2.23. The molecule has 0 radical (unpaired) electrons. The van der Waals surface area contributed by atoms with Crippen molar-refractivity contribution in [2.24, 2.45) is 5.10 Å². The number of halogens is 1. The van der Waals surface area contributed by atoms with Crippen LogP contribution < -0.4 is 10.7 Å². The molecule has 6 nitrogen and oxygen atoms in total. The Morgan fingerprint density at radius 3 is 2.68 bits per heavy atom. The highest BCUT2D eigenvalue weighted by atomic mass is 19.1. The molecule has 1 fully saturated rings. The molecule has 7 heteroatoms. The molecule has 2 N–H and O–H groups in total. The SMILES string of the molecule is CC.FC(CN1CCC(Nc2ncnc3c2C=NNC3)CC1)c1ccccc1. The summed E-state index contributed by atoms with van der Waals surface area (Å²) in [7, 11) is 0. The lowest BCUT2D eigenvalue weighted by molar-refractivity contribution is 0.162. The zero-order valence-electron chi connectivity index (χ0n) is 16.6. The number of hydrazone groups is 1. The molecular formula is C21H29FN6. The zero-order valence-corrected chi connectivity index (χ0v) is 16.6. The van der Waals surface area contributed by atoms with Gasteiger partial charge in [-0.3, -0.25) is 4.90 Å².